The molecule has 5 nitrogen and oxygen atoms in total. The predicted molar refractivity (Wildman–Crippen MR) is 55.5 cm³/mol. The van der Waals surface area contributed by atoms with Gasteiger partial charge in [-0.2, -0.15) is 13.8 Å². The van der Waals surface area contributed by atoms with Crippen LogP contribution in [0.25, 0.3) is 0 Å². The fourth-order valence-corrected chi connectivity index (χ4v) is 1.71. The van der Waals surface area contributed by atoms with Crippen LogP contribution < -0.4 is 5.32 Å². The van der Waals surface area contributed by atoms with Gasteiger partial charge in [0.2, 0.25) is 0 Å². The minimum atomic E-state index is 0.107. The molecule has 0 spiro atoms. The maximum atomic E-state index is 5.80. The summed E-state index contributed by atoms with van der Waals surface area (Å²) < 4.78 is 7.88. The summed E-state index contributed by atoms with van der Waals surface area (Å²) in [6.07, 6.45) is 3.58. The number of aromatic amines is 1. The molecule has 0 fully saturated rings. The van der Waals surface area contributed by atoms with E-state index in [1.54, 1.807) is 6.20 Å². The van der Waals surface area contributed by atoms with Crippen molar-refractivity contribution in [3.8, 4) is 0 Å². The standard InChI is InChI=1S/C7H8ClN5S/c1-4(5-2-9-10-3-5)11-7-6(8)12-14-13-7/h2-4H,1H3,(H,9,10)(H,11,13). The summed E-state index contributed by atoms with van der Waals surface area (Å²) >= 11 is 6.88. The van der Waals surface area contributed by atoms with E-state index < -0.39 is 0 Å². The van der Waals surface area contributed by atoms with E-state index in [2.05, 4.69) is 24.3 Å². The minimum absolute atomic E-state index is 0.107. The smallest absolute Gasteiger partial charge is 0.186 e. The van der Waals surface area contributed by atoms with E-state index in [0.717, 1.165) is 17.3 Å². The Hall–Kier alpha value is -1.14. The highest BCUT2D eigenvalue weighted by molar-refractivity contribution is 6.99. The number of nitrogens with one attached hydrogen (secondary N) is 2. The summed E-state index contributed by atoms with van der Waals surface area (Å²) in [6.45, 7) is 2.00. The highest BCUT2D eigenvalue weighted by Crippen LogP contribution is 2.23. The quantitative estimate of drug-likeness (QED) is 0.846. The van der Waals surface area contributed by atoms with Crippen LogP contribution in [0.5, 0.6) is 0 Å². The average molecular weight is 230 g/mol. The molecule has 0 aliphatic heterocycles. The molecule has 1 atom stereocenters. The number of hydrogen-bond donors (Lipinski definition) is 2. The van der Waals surface area contributed by atoms with Crippen LogP contribution in [0.1, 0.15) is 18.5 Å². The average Bonchev–Trinajstić information content (AvgIpc) is 2.77. The van der Waals surface area contributed by atoms with Gasteiger partial charge in [-0.1, -0.05) is 11.6 Å². The van der Waals surface area contributed by atoms with Gasteiger partial charge >= 0.3 is 0 Å². The van der Waals surface area contributed by atoms with Gasteiger partial charge in [0, 0.05) is 11.8 Å². The fraction of sp³-hybridized carbons (Fsp3) is 0.286. The van der Waals surface area contributed by atoms with Gasteiger partial charge in [0.25, 0.3) is 0 Å². The van der Waals surface area contributed by atoms with Gasteiger partial charge in [-0.05, 0) is 6.92 Å². The van der Waals surface area contributed by atoms with Crippen molar-refractivity contribution >= 4 is 29.1 Å². The Labute approximate surface area is 89.8 Å². The second-order valence-corrected chi connectivity index (χ2v) is 3.69. The molecule has 14 heavy (non-hydrogen) atoms. The first kappa shape index (κ1) is 9.42. The normalized spacial score (nSPS) is 12.7. The summed E-state index contributed by atoms with van der Waals surface area (Å²) in [6, 6.07) is 0.107. The summed E-state index contributed by atoms with van der Waals surface area (Å²) in [5, 5.41) is 10.2. The van der Waals surface area contributed by atoms with Crippen LogP contribution in [0.4, 0.5) is 5.82 Å². The Morgan fingerprint density at radius 3 is 3.00 bits per heavy atom. The zero-order valence-electron chi connectivity index (χ0n) is 7.36. The van der Waals surface area contributed by atoms with Crippen LogP contribution >= 0.6 is 23.3 Å². The summed E-state index contributed by atoms with van der Waals surface area (Å²) in [7, 11) is 0. The molecule has 0 saturated carbocycles. The van der Waals surface area contributed by atoms with Gasteiger partial charge in [-0.15, -0.1) is 0 Å². The molecule has 0 amide bonds. The number of halogens is 1. The maximum absolute atomic E-state index is 5.80. The lowest BCUT2D eigenvalue weighted by molar-refractivity contribution is 0.880. The highest BCUT2D eigenvalue weighted by atomic mass is 35.5. The number of anilines is 1. The van der Waals surface area contributed by atoms with Gasteiger partial charge in [0.1, 0.15) is 0 Å². The van der Waals surface area contributed by atoms with Gasteiger partial charge in [-0.3, -0.25) is 5.10 Å². The van der Waals surface area contributed by atoms with Crippen molar-refractivity contribution < 1.29 is 0 Å². The molecule has 2 aromatic rings. The Balaban J connectivity index is 2.09. The topological polar surface area (TPSA) is 66.5 Å². The maximum Gasteiger partial charge on any atom is 0.186 e. The monoisotopic (exact) mass is 229 g/mol. The van der Waals surface area contributed by atoms with E-state index in [1.165, 1.54) is 0 Å². The van der Waals surface area contributed by atoms with Crippen LogP contribution in [0, 0.1) is 0 Å². The molecule has 0 aliphatic rings. The molecule has 74 valence electrons. The second-order valence-electron chi connectivity index (χ2n) is 2.80. The van der Waals surface area contributed by atoms with Gasteiger partial charge < -0.3 is 5.32 Å². The molecule has 2 aromatic heterocycles. The van der Waals surface area contributed by atoms with Crippen LogP contribution in [0.15, 0.2) is 12.4 Å². The van der Waals surface area contributed by atoms with E-state index in [-0.39, 0.29) is 6.04 Å². The Morgan fingerprint density at radius 1 is 1.57 bits per heavy atom. The first-order chi connectivity index (χ1) is 6.77. The molecule has 2 heterocycles. The molecule has 0 aliphatic carbocycles. The largest absolute Gasteiger partial charge is 0.360 e. The molecule has 0 saturated heterocycles. The highest BCUT2D eigenvalue weighted by Gasteiger charge is 2.10. The minimum Gasteiger partial charge on any atom is -0.360 e. The number of hydrogen-bond acceptors (Lipinski definition) is 5. The van der Waals surface area contributed by atoms with Gasteiger partial charge in [0.15, 0.2) is 11.0 Å². The van der Waals surface area contributed by atoms with Crippen molar-refractivity contribution in [3.63, 3.8) is 0 Å². The molecule has 2 N–H and O–H groups in total. The van der Waals surface area contributed by atoms with E-state index in [1.807, 2.05) is 13.1 Å². The summed E-state index contributed by atoms with van der Waals surface area (Å²) in [4.78, 5) is 0. The fourth-order valence-electron chi connectivity index (χ4n) is 1.05. The second kappa shape index (κ2) is 3.93. The van der Waals surface area contributed by atoms with Crippen molar-refractivity contribution in [1.29, 1.82) is 0 Å². The third kappa shape index (κ3) is 1.85. The number of aromatic nitrogens is 4. The van der Waals surface area contributed by atoms with Crippen molar-refractivity contribution in [3.05, 3.63) is 23.1 Å². The van der Waals surface area contributed by atoms with Crippen LogP contribution in [-0.2, 0) is 0 Å². The predicted octanol–water partition coefficient (Wildman–Crippen LogP) is 2.09. The van der Waals surface area contributed by atoms with E-state index in [0.29, 0.717) is 11.0 Å². The van der Waals surface area contributed by atoms with Crippen molar-refractivity contribution in [2.45, 2.75) is 13.0 Å². The molecule has 0 bridgehead atoms. The van der Waals surface area contributed by atoms with Crippen LogP contribution in [-0.4, -0.2) is 18.9 Å². The van der Waals surface area contributed by atoms with Crippen LogP contribution in [0.2, 0.25) is 5.15 Å². The van der Waals surface area contributed by atoms with Gasteiger partial charge in [-0.25, -0.2) is 0 Å². The van der Waals surface area contributed by atoms with Crippen molar-refractivity contribution in [2.75, 3.05) is 5.32 Å². The number of H-pyrrole nitrogens is 1. The van der Waals surface area contributed by atoms with E-state index >= 15 is 0 Å². The molecule has 0 radical (unpaired) electrons. The molecule has 7 heteroatoms. The number of nitrogens with zero attached hydrogens (tertiary/aromatic N) is 3. The van der Waals surface area contributed by atoms with E-state index in [4.69, 9.17) is 11.6 Å². The lowest BCUT2D eigenvalue weighted by atomic mass is 10.2. The lowest BCUT2D eigenvalue weighted by Gasteiger charge is -2.10. The molecular formula is C7H8ClN5S. The van der Waals surface area contributed by atoms with E-state index in [9.17, 15) is 0 Å². The first-order valence-electron chi connectivity index (χ1n) is 4.00. The first-order valence-corrected chi connectivity index (χ1v) is 5.11. The third-order valence-electron chi connectivity index (χ3n) is 1.82. The molecular weight excluding hydrogens is 222 g/mol. The zero-order chi connectivity index (χ0) is 9.97. The third-order valence-corrected chi connectivity index (χ3v) is 2.71. The Bertz CT molecular complexity index is 398. The van der Waals surface area contributed by atoms with Crippen molar-refractivity contribution in [2.24, 2.45) is 0 Å². The number of rotatable bonds is 3. The SMILES string of the molecule is CC(Nc1nsnc1Cl)c1cn[nH]c1. The van der Waals surface area contributed by atoms with Crippen molar-refractivity contribution in [1.82, 2.24) is 18.9 Å². The molecule has 0 aromatic carbocycles. The van der Waals surface area contributed by atoms with Crippen LogP contribution in [0.3, 0.4) is 0 Å². The summed E-state index contributed by atoms with van der Waals surface area (Å²) in [5.74, 6) is 0.616. The van der Waals surface area contributed by atoms with Gasteiger partial charge in [0.05, 0.1) is 24.0 Å². The Morgan fingerprint density at radius 2 is 2.43 bits per heavy atom. The summed E-state index contributed by atoms with van der Waals surface area (Å²) in [5.41, 5.74) is 1.05. The zero-order valence-corrected chi connectivity index (χ0v) is 8.93. The Kier molecular flexibility index (Phi) is 2.64. The lowest BCUT2D eigenvalue weighted by Crippen LogP contribution is -2.06. The molecule has 1 unspecified atom stereocenters. The molecule has 2 rings (SSSR count).